The zero-order valence-electron chi connectivity index (χ0n) is 12.5. The maximum atomic E-state index is 14.0. The predicted octanol–water partition coefficient (Wildman–Crippen LogP) is 3.42. The highest BCUT2D eigenvalue weighted by Crippen LogP contribution is 2.41. The summed E-state index contributed by atoms with van der Waals surface area (Å²) in [5, 5.41) is 0.326. The van der Waals surface area contributed by atoms with Gasteiger partial charge in [-0.1, -0.05) is 17.7 Å². The standard InChI is InChI=1S/C14H20BClFNO2/c1-8-6-7-9(17)10(11(8)16)12(18)15-19-13(2,3)14(4,5)20-15/h6-7,12H,18H2,1-5H3/t12-/m0/s1. The quantitative estimate of drug-likeness (QED) is 0.851. The number of aryl methyl sites for hydroxylation is 1. The summed E-state index contributed by atoms with van der Waals surface area (Å²) in [6, 6.07) is 2.99. The van der Waals surface area contributed by atoms with Gasteiger partial charge in [-0.3, -0.25) is 0 Å². The first-order valence-corrected chi connectivity index (χ1v) is 7.00. The minimum Gasteiger partial charge on any atom is -0.402 e. The molecule has 1 aromatic carbocycles. The van der Waals surface area contributed by atoms with E-state index in [9.17, 15) is 4.39 Å². The van der Waals surface area contributed by atoms with E-state index in [2.05, 4.69) is 0 Å². The van der Waals surface area contributed by atoms with Crippen LogP contribution in [0.15, 0.2) is 12.1 Å². The van der Waals surface area contributed by atoms with Crippen molar-refractivity contribution in [1.82, 2.24) is 0 Å². The third-order valence-corrected chi connectivity index (χ3v) is 4.72. The number of hydrogen-bond acceptors (Lipinski definition) is 3. The van der Waals surface area contributed by atoms with Gasteiger partial charge in [0.1, 0.15) is 5.82 Å². The Hall–Kier alpha value is -0.615. The summed E-state index contributed by atoms with van der Waals surface area (Å²) in [6.07, 6.45) is 0. The number of halogens is 2. The van der Waals surface area contributed by atoms with Crippen molar-refractivity contribution in [3.05, 3.63) is 34.1 Å². The summed E-state index contributed by atoms with van der Waals surface area (Å²) in [5.41, 5.74) is 6.13. The van der Waals surface area contributed by atoms with E-state index in [1.165, 1.54) is 6.07 Å². The molecule has 0 radical (unpaired) electrons. The smallest absolute Gasteiger partial charge is 0.402 e. The maximum absolute atomic E-state index is 14.0. The summed E-state index contributed by atoms with van der Waals surface area (Å²) in [4.78, 5) is 0. The first-order valence-electron chi connectivity index (χ1n) is 6.62. The average Bonchev–Trinajstić information content (AvgIpc) is 2.54. The van der Waals surface area contributed by atoms with Crippen LogP contribution in [0.5, 0.6) is 0 Å². The van der Waals surface area contributed by atoms with Gasteiger partial charge < -0.3 is 15.0 Å². The molecule has 20 heavy (non-hydrogen) atoms. The molecule has 6 heteroatoms. The number of nitrogens with two attached hydrogens (primary N) is 1. The van der Waals surface area contributed by atoms with E-state index in [1.807, 2.05) is 34.6 Å². The van der Waals surface area contributed by atoms with Crippen LogP contribution in [-0.4, -0.2) is 18.3 Å². The minimum absolute atomic E-state index is 0.241. The van der Waals surface area contributed by atoms with Crippen LogP contribution >= 0.6 is 11.6 Å². The molecule has 1 heterocycles. The number of rotatable bonds is 2. The first kappa shape index (κ1) is 15.8. The molecule has 3 nitrogen and oxygen atoms in total. The zero-order valence-corrected chi connectivity index (χ0v) is 13.2. The molecule has 1 aliphatic rings. The fraction of sp³-hybridized carbons (Fsp3) is 0.571. The third-order valence-electron chi connectivity index (χ3n) is 4.22. The molecular formula is C14H20BClFNO2. The molecule has 110 valence electrons. The molecule has 0 aromatic heterocycles. The Morgan fingerprint density at radius 3 is 2.20 bits per heavy atom. The Bertz CT molecular complexity index is 520. The number of benzene rings is 1. The van der Waals surface area contributed by atoms with Gasteiger partial charge in [-0.2, -0.15) is 0 Å². The molecule has 1 fully saturated rings. The van der Waals surface area contributed by atoms with Gasteiger partial charge in [0.15, 0.2) is 0 Å². The molecule has 0 aliphatic carbocycles. The van der Waals surface area contributed by atoms with Crippen LogP contribution in [0.2, 0.25) is 5.02 Å². The summed E-state index contributed by atoms with van der Waals surface area (Å²) < 4.78 is 25.8. The normalized spacial score (nSPS) is 22.1. The summed E-state index contributed by atoms with van der Waals surface area (Å²) >= 11 is 6.18. The lowest BCUT2D eigenvalue weighted by molar-refractivity contribution is 0.00578. The van der Waals surface area contributed by atoms with Crippen molar-refractivity contribution in [3.63, 3.8) is 0 Å². The SMILES string of the molecule is Cc1ccc(F)c([C@H](N)B2OC(C)(C)C(C)(C)O2)c1Cl. The minimum atomic E-state index is -0.775. The van der Waals surface area contributed by atoms with Crippen molar-refractivity contribution >= 4 is 18.7 Å². The van der Waals surface area contributed by atoms with E-state index >= 15 is 0 Å². The van der Waals surface area contributed by atoms with Gasteiger partial charge in [0.2, 0.25) is 0 Å². The van der Waals surface area contributed by atoms with Crippen LogP contribution in [-0.2, 0) is 9.31 Å². The average molecular weight is 300 g/mol. The Morgan fingerprint density at radius 2 is 1.70 bits per heavy atom. The first-order chi connectivity index (χ1) is 9.07. The number of hydrogen-bond donors (Lipinski definition) is 1. The van der Waals surface area contributed by atoms with Gasteiger partial charge in [-0.25, -0.2) is 4.39 Å². The molecular weight excluding hydrogens is 279 g/mol. The molecule has 1 aromatic rings. The van der Waals surface area contributed by atoms with Crippen LogP contribution < -0.4 is 5.73 Å². The van der Waals surface area contributed by atoms with Gasteiger partial charge >= 0.3 is 7.12 Å². The molecule has 0 bridgehead atoms. The monoisotopic (exact) mass is 299 g/mol. The molecule has 1 saturated heterocycles. The Kier molecular flexibility index (Phi) is 3.93. The highest BCUT2D eigenvalue weighted by molar-refractivity contribution is 6.48. The topological polar surface area (TPSA) is 44.5 Å². The lowest BCUT2D eigenvalue weighted by Crippen LogP contribution is -2.41. The predicted molar refractivity (Wildman–Crippen MR) is 79.2 cm³/mol. The van der Waals surface area contributed by atoms with Gasteiger partial charge in [0, 0.05) is 5.56 Å². The van der Waals surface area contributed by atoms with Crippen molar-refractivity contribution in [1.29, 1.82) is 0 Å². The molecule has 0 unspecified atom stereocenters. The molecule has 2 N–H and O–H groups in total. The second kappa shape index (κ2) is 4.99. The van der Waals surface area contributed by atoms with E-state index in [-0.39, 0.29) is 5.56 Å². The van der Waals surface area contributed by atoms with E-state index in [4.69, 9.17) is 26.6 Å². The summed E-state index contributed by atoms with van der Waals surface area (Å²) in [5.74, 6) is -1.22. The molecule has 2 rings (SSSR count). The van der Waals surface area contributed by atoms with Crippen LogP contribution in [0.25, 0.3) is 0 Å². The van der Waals surface area contributed by atoms with Crippen molar-refractivity contribution < 1.29 is 13.7 Å². The lowest BCUT2D eigenvalue weighted by Gasteiger charge is -2.32. The van der Waals surface area contributed by atoms with Crippen molar-refractivity contribution in [2.24, 2.45) is 5.73 Å². The van der Waals surface area contributed by atoms with Crippen molar-refractivity contribution in [2.75, 3.05) is 0 Å². The Balaban J connectivity index is 2.35. The second-order valence-electron chi connectivity index (χ2n) is 6.24. The maximum Gasteiger partial charge on any atom is 0.480 e. The highest BCUT2D eigenvalue weighted by atomic mass is 35.5. The van der Waals surface area contributed by atoms with Gasteiger partial charge in [-0.05, 0) is 46.2 Å². The van der Waals surface area contributed by atoms with Gasteiger partial charge in [0.05, 0.1) is 22.2 Å². The Labute approximate surface area is 124 Å². The van der Waals surface area contributed by atoms with E-state index in [1.54, 1.807) is 6.07 Å². The Morgan fingerprint density at radius 1 is 1.20 bits per heavy atom. The molecule has 1 atom stereocenters. The van der Waals surface area contributed by atoms with Crippen molar-refractivity contribution in [3.8, 4) is 0 Å². The summed E-state index contributed by atoms with van der Waals surface area (Å²) in [7, 11) is -0.728. The van der Waals surface area contributed by atoms with Crippen LogP contribution in [0.4, 0.5) is 4.39 Å². The lowest BCUT2D eigenvalue weighted by atomic mass is 9.74. The van der Waals surface area contributed by atoms with Gasteiger partial charge in [-0.15, -0.1) is 0 Å². The molecule has 0 saturated carbocycles. The largest absolute Gasteiger partial charge is 0.480 e. The highest BCUT2D eigenvalue weighted by Gasteiger charge is 2.54. The fourth-order valence-corrected chi connectivity index (χ4v) is 2.43. The van der Waals surface area contributed by atoms with Crippen molar-refractivity contribution in [2.45, 2.75) is 51.8 Å². The van der Waals surface area contributed by atoms with E-state index in [0.717, 1.165) is 5.56 Å². The van der Waals surface area contributed by atoms with Gasteiger partial charge in [0.25, 0.3) is 0 Å². The molecule has 0 amide bonds. The van der Waals surface area contributed by atoms with Crippen LogP contribution in [0, 0.1) is 12.7 Å². The molecule has 0 spiro atoms. The second-order valence-corrected chi connectivity index (χ2v) is 6.62. The fourth-order valence-electron chi connectivity index (χ4n) is 2.16. The van der Waals surface area contributed by atoms with E-state index < -0.39 is 30.1 Å². The summed E-state index contributed by atoms with van der Waals surface area (Å²) in [6.45, 7) is 9.51. The van der Waals surface area contributed by atoms with Crippen LogP contribution in [0.1, 0.15) is 44.8 Å². The van der Waals surface area contributed by atoms with E-state index in [0.29, 0.717) is 5.02 Å². The zero-order chi connectivity index (χ0) is 15.3. The third kappa shape index (κ3) is 2.48. The van der Waals surface area contributed by atoms with Crippen LogP contribution in [0.3, 0.4) is 0 Å². The molecule has 1 aliphatic heterocycles.